The molecule has 0 bridgehead atoms. The standard InChI is InChI=1S/C20H34O2/c1-7-13(2)8-9-15-14(3)16(21)12-17-19(4,5)11-10-18(22)20(15,17)6/h13,17-18,22H,7-12H2,1-6H3/t13-,17+,18?,20-/m1/s1. The summed E-state index contributed by atoms with van der Waals surface area (Å²) in [5, 5.41) is 10.8. The van der Waals surface area contributed by atoms with Crippen molar-refractivity contribution in [3.05, 3.63) is 11.1 Å². The lowest BCUT2D eigenvalue weighted by molar-refractivity contribution is -0.129. The van der Waals surface area contributed by atoms with Crippen LogP contribution in [0.5, 0.6) is 0 Å². The number of carbonyl (C=O) groups excluding carboxylic acids is 1. The van der Waals surface area contributed by atoms with Crippen LogP contribution in [-0.4, -0.2) is 17.0 Å². The molecule has 0 radical (unpaired) electrons. The second-order valence-corrected chi connectivity index (χ2v) is 8.66. The summed E-state index contributed by atoms with van der Waals surface area (Å²) in [4.78, 5) is 12.6. The van der Waals surface area contributed by atoms with Crippen LogP contribution < -0.4 is 0 Å². The quantitative estimate of drug-likeness (QED) is 0.801. The molecule has 1 fully saturated rings. The summed E-state index contributed by atoms with van der Waals surface area (Å²) in [6, 6.07) is 0. The molecule has 126 valence electrons. The van der Waals surface area contributed by atoms with Crippen molar-refractivity contribution in [2.24, 2.45) is 22.7 Å². The van der Waals surface area contributed by atoms with Crippen LogP contribution >= 0.6 is 0 Å². The normalized spacial score (nSPS) is 36.2. The third-order valence-electron chi connectivity index (χ3n) is 6.92. The maximum atomic E-state index is 12.6. The average Bonchev–Trinajstić information content (AvgIpc) is 2.46. The maximum absolute atomic E-state index is 12.6. The Morgan fingerprint density at radius 2 is 1.95 bits per heavy atom. The Hall–Kier alpha value is -0.630. The summed E-state index contributed by atoms with van der Waals surface area (Å²) < 4.78 is 0. The van der Waals surface area contributed by atoms with Gasteiger partial charge in [0.05, 0.1) is 6.10 Å². The van der Waals surface area contributed by atoms with Crippen LogP contribution in [0.25, 0.3) is 0 Å². The Morgan fingerprint density at radius 3 is 2.55 bits per heavy atom. The fourth-order valence-electron chi connectivity index (χ4n) is 4.89. The Balaban J connectivity index is 2.42. The lowest BCUT2D eigenvalue weighted by Gasteiger charge is -2.57. The molecule has 0 aliphatic heterocycles. The first-order valence-corrected chi connectivity index (χ1v) is 9.06. The number of aliphatic hydroxyl groups is 1. The molecule has 0 heterocycles. The first-order chi connectivity index (χ1) is 10.1. The van der Waals surface area contributed by atoms with Crippen molar-refractivity contribution in [1.82, 2.24) is 0 Å². The highest BCUT2D eigenvalue weighted by Gasteiger charge is 2.56. The van der Waals surface area contributed by atoms with Crippen molar-refractivity contribution in [2.45, 2.75) is 86.2 Å². The highest BCUT2D eigenvalue weighted by Crippen LogP contribution is 2.59. The van der Waals surface area contributed by atoms with Crippen LogP contribution in [0.3, 0.4) is 0 Å². The Labute approximate surface area is 136 Å². The summed E-state index contributed by atoms with van der Waals surface area (Å²) in [6.07, 6.45) is 5.43. The first-order valence-electron chi connectivity index (χ1n) is 9.06. The van der Waals surface area contributed by atoms with Crippen LogP contribution in [0.2, 0.25) is 0 Å². The third kappa shape index (κ3) is 2.79. The van der Waals surface area contributed by atoms with Crippen LogP contribution in [0.4, 0.5) is 0 Å². The predicted octanol–water partition coefficient (Wildman–Crippen LogP) is 4.91. The van der Waals surface area contributed by atoms with E-state index >= 15 is 0 Å². The van der Waals surface area contributed by atoms with Gasteiger partial charge in [-0.3, -0.25) is 4.79 Å². The molecule has 2 aliphatic rings. The van der Waals surface area contributed by atoms with Gasteiger partial charge in [-0.2, -0.15) is 0 Å². The van der Waals surface area contributed by atoms with E-state index in [1.165, 1.54) is 12.0 Å². The number of ketones is 1. The molecule has 0 saturated heterocycles. The molecule has 0 spiro atoms. The maximum Gasteiger partial charge on any atom is 0.158 e. The largest absolute Gasteiger partial charge is 0.392 e. The summed E-state index contributed by atoms with van der Waals surface area (Å²) in [7, 11) is 0. The van der Waals surface area contributed by atoms with E-state index in [0.29, 0.717) is 18.1 Å². The van der Waals surface area contributed by atoms with Crippen molar-refractivity contribution < 1.29 is 9.90 Å². The number of hydrogen-bond acceptors (Lipinski definition) is 2. The third-order valence-corrected chi connectivity index (χ3v) is 6.92. The van der Waals surface area contributed by atoms with E-state index < -0.39 is 0 Å². The minimum Gasteiger partial charge on any atom is -0.392 e. The van der Waals surface area contributed by atoms with E-state index in [4.69, 9.17) is 0 Å². The van der Waals surface area contributed by atoms with Crippen LogP contribution in [0.1, 0.15) is 80.1 Å². The van der Waals surface area contributed by atoms with Gasteiger partial charge in [0, 0.05) is 11.8 Å². The Kier molecular flexibility index (Phi) is 4.92. The molecule has 2 rings (SSSR count). The molecule has 0 aromatic heterocycles. The van der Waals surface area contributed by atoms with E-state index in [-0.39, 0.29) is 22.9 Å². The van der Waals surface area contributed by atoms with E-state index in [1.807, 2.05) is 6.92 Å². The fourth-order valence-corrected chi connectivity index (χ4v) is 4.89. The second kappa shape index (κ2) is 6.11. The van der Waals surface area contributed by atoms with E-state index in [1.54, 1.807) is 0 Å². The van der Waals surface area contributed by atoms with Gasteiger partial charge in [0.15, 0.2) is 5.78 Å². The number of aliphatic hydroxyl groups excluding tert-OH is 1. The minimum absolute atomic E-state index is 0.131. The van der Waals surface area contributed by atoms with Gasteiger partial charge >= 0.3 is 0 Å². The summed E-state index contributed by atoms with van der Waals surface area (Å²) in [5.74, 6) is 1.25. The molecular weight excluding hydrogens is 272 g/mol. The van der Waals surface area contributed by atoms with Crippen LogP contribution in [0.15, 0.2) is 11.1 Å². The first kappa shape index (κ1) is 17.7. The van der Waals surface area contributed by atoms with Gasteiger partial charge in [0.2, 0.25) is 0 Å². The van der Waals surface area contributed by atoms with Gasteiger partial charge in [0.1, 0.15) is 0 Å². The highest BCUT2D eigenvalue weighted by atomic mass is 16.3. The van der Waals surface area contributed by atoms with Gasteiger partial charge in [-0.25, -0.2) is 0 Å². The minimum atomic E-state index is -0.305. The molecule has 0 amide bonds. The Morgan fingerprint density at radius 1 is 1.32 bits per heavy atom. The molecular formula is C20H34O2. The number of Topliss-reactive ketones (excluding diaryl/α,β-unsaturated/α-hetero) is 1. The van der Waals surface area contributed by atoms with Crippen molar-refractivity contribution in [1.29, 1.82) is 0 Å². The number of hydrogen-bond donors (Lipinski definition) is 1. The fraction of sp³-hybridized carbons (Fsp3) is 0.850. The molecule has 2 nitrogen and oxygen atoms in total. The van der Waals surface area contributed by atoms with Gasteiger partial charge in [-0.1, -0.05) is 46.6 Å². The molecule has 1 N–H and O–H groups in total. The van der Waals surface area contributed by atoms with Crippen molar-refractivity contribution >= 4 is 5.78 Å². The highest BCUT2D eigenvalue weighted by molar-refractivity contribution is 5.97. The van der Waals surface area contributed by atoms with Crippen molar-refractivity contribution in [3.63, 3.8) is 0 Å². The smallest absolute Gasteiger partial charge is 0.158 e. The topological polar surface area (TPSA) is 37.3 Å². The lowest BCUT2D eigenvalue weighted by Crippen LogP contribution is -2.54. The van der Waals surface area contributed by atoms with E-state index in [9.17, 15) is 9.90 Å². The molecule has 2 heteroatoms. The summed E-state index contributed by atoms with van der Waals surface area (Å²) in [6.45, 7) is 13.3. The monoisotopic (exact) mass is 306 g/mol. The second-order valence-electron chi connectivity index (χ2n) is 8.66. The van der Waals surface area contributed by atoms with E-state index in [2.05, 4.69) is 34.6 Å². The number of carbonyl (C=O) groups is 1. The van der Waals surface area contributed by atoms with Gasteiger partial charge in [0.25, 0.3) is 0 Å². The van der Waals surface area contributed by atoms with Crippen LogP contribution in [-0.2, 0) is 4.79 Å². The zero-order valence-electron chi connectivity index (χ0n) is 15.3. The number of rotatable bonds is 4. The number of fused-ring (bicyclic) bond motifs is 1. The molecule has 0 aromatic rings. The molecule has 1 unspecified atom stereocenters. The SMILES string of the molecule is CC[C@@H](C)CCC1=C(C)C(=O)C[C@H]2C(C)(C)CCC(O)[C@]12C. The number of allylic oxidation sites excluding steroid dienone is 1. The van der Waals surface area contributed by atoms with Gasteiger partial charge < -0.3 is 5.11 Å². The molecule has 0 aromatic carbocycles. The average molecular weight is 306 g/mol. The molecule has 22 heavy (non-hydrogen) atoms. The molecule has 1 saturated carbocycles. The van der Waals surface area contributed by atoms with Gasteiger partial charge in [-0.15, -0.1) is 0 Å². The molecule has 2 aliphatic carbocycles. The predicted molar refractivity (Wildman–Crippen MR) is 91.6 cm³/mol. The van der Waals surface area contributed by atoms with Crippen LogP contribution in [0, 0.1) is 22.7 Å². The summed E-state index contributed by atoms with van der Waals surface area (Å²) in [5.41, 5.74) is 2.12. The lowest BCUT2D eigenvalue weighted by atomic mass is 9.48. The zero-order chi connectivity index (χ0) is 16.7. The zero-order valence-corrected chi connectivity index (χ0v) is 15.3. The van der Waals surface area contributed by atoms with Crippen molar-refractivity contribution in [2.75, 3.05) is 0 Å². The van der Waals surface area contributed by atoms with Crippen molar-refractivity contribution in [3.8, 4) is 0 Å². The Bertz CT molecular complexity index is 474. The molecule has 4 atom stereocenters. The van der Waals surface area contributed by atoms with E-state index in [0.717, 1.165) is 31.3 Å². The summed E-state index contributed by atoms with van der Waals surface area (Å²) >= 11 is 0. The van der Waals surface area contributed by atoms with Gasteiger partial charge in [-0.05, 0) is 55.4 Å².